The van der Waals surface area contributed by atoms with Gasteiger partial charge in [-0.2, -0.15) is 0 Å². The molecule has 4 nitrogen and oxygen atoms in total. The molecule has 0 unspecified atom stereocenters. The zero-order valence-electron chi connectivity index (χ0n) is 9.61. The normalized spacial score (nSPS) is 14.7. The van der Waals surface area contributed by atoms with Crippen LogP contribution in [0.3, 0.4) is 0 Å². The van der Waals surface area contributed by atoms with E-state index in [-0.39, 0.29) is 5.56 Å². The first-order valence-corrected chi connectivity index (χ1v) is 5.52. The molecule has 0 atom stereocenters. The molecule has 17 heavy (non-hydrogen) atoms. The molecule has 0 aromatic heterocycles. The van der Waals surface area contributed by atoms with Crippen molar-refractivity contribution >= 4 is 17.3 Å². The van der Waals surface area contributed by atoms with Crippen LogP contribution in [0.2, 0.25) is 0 Å². The molecule has 3 N–H and O–H groups in total. The lowest BCUT2D eigenvalue weighted by Crippen LogP contribution is -2.21. The first-order chi connectivity index (χ1) is 7.99. The first-order valence-electron chi connectivity index (χ1n) is 5.52. The second-order valence-corrected chi connectivity index (χ2v) is 4.52. The topological polar surface area (TPSA) is 66.6 Å². The average Bonchev–Trinajstić information content (AvgIpc) is 3.04. The number of hydrogen-bond acceptors (Lipinski definition) is 3. The highest BCUT2D eigenvalue weighted by Gasteiger charge is 2.24. The van der Waals surface area contributed by atoms with Crippen LogP contribution in [0.25, 0.3) is 0 Å². The molecule has 0 heterocycles. The fourth-order valence-corrected chi connectivity index (χ4v) is 1.86. The van der Waals surface area contributed by atoms with Crippen molar-refractivity contribution in [2.75, 3.05) is 24.2 Å². The van der Waals surface area contributed by atoms with Crippen molar-refractivity contribution in [2.24, 2.45) is 5.92 Å². The zero-order chi connectivity index (χ0) is 12.6. The second kappa shape index (κ2) is 4.24. The lowest BCUT2D eigenvalue weighted by atomic mass is 10.1. The van der Waals surface area contributed by atoms with E-state index in [9.17, 15) is 9.18 Å². The molecule has 2 rings (SSSR count). The van der Waals surface area contributed by atoms with Crippen LogP contribution in [-0.4, -0.2) is 24.7 Å². The molecule has 0 aliphatic heterocycles. The molecule has 92 valence electrons. The van der Waals surface area contributed by atoms with Crippen LogP contribution in [0.1, 0.15) is 23.2 Å². The molecule has 1 saturated carbocycles. The minimum Gasteiger partial charge on any atom is -0.478 e. The Morgan fingerprint density at radius 2 is 2.24 bits per heavy atom. The number of hydrogen-bond donors (Lipinski definition) is 2. The predicted molar refractivity (Wildman–Crippen MR) is 63.8 cm³/mol. The van der Waals surface area contributed by atoms with E-state index >= 15 is 0 Å². The van der Waals surface area contributed by atoms with Gasteiger partial charge in [-0.25, -0.2) is 9.18 Å². The minimum absolute atomic E-state index is 0.298. The third-order valence-electron chi connectivity index (χ3n) is 2.99. The van der Waals surface area contributed by atoms with Crippen molar-refractivity contribution in [3.63, 3.8) is 0 Å². The lowest BCUT2D eigenvalue weighted by molar-refractivity contribution is 0.0692. The first kappa shape index (κ1) is 11.7. The Hall–Kier alpha value is -1.78. The molecule has 0 spiro atoms. The summed E-state index contributed by atoms with van der Waals surface area (Å²) in [6.07, 6.45) is 2.39. The van der Waals surface area contributed by atoms with Crippen LogP contribution in [0, 0.1) is 11.7 Å². The maximum absolute atomic E-state index is 13.5. The number of carboxylic acid groups (broad SMARTS) is 1. The number of nitrogens with zero attached hydrogens (tertiary/aromatic N) is 1. The highest BCUT2D eigenvalue weighted by atomic mass is 19.1. The summed E-state index contributed by atoms with van der Waals surface area (Å²) in [6.45, 7) is 0.829. The number of benzene rings is 1. The molecule has 1 aromatic rings. The Bertz CT molecular complexity index is 458. The average molecular weight is 238 g/mol. The zero-order valence-corrected chi connectivity index (χ0v) is 9.61. The molecule has 1 aliphatic rings. The largest absolute Gasteiger partial charge is 0.478 e. The van der Waals surface area contributed by atoms with E-state index in [0.29, 0.717) is 17.3 Å². The van der Waals surface area contributed by atoms with Gasteiger partial charge < -0.3 is 15.7 Å². The number of aromatic carboxylic acids is 1. The number of halogens is 1. The van der Waals surface area contributed by atoms with Gasteiger partial charge >= 0.3 is 5.97 Å². The van der Waals surface area contributed by atoms with Gasteiger partial charge in [0.15, 0.2) is 0 Å². The maximum atomic E-state index is 13.5. The number of nitrogens with two attached hydrogens (primary N) is 1. The van der Waals surface area contributed by atoms with Crippen molar-refractivity contribution in [1.29, 1.82) is 0 Å². The van der Waals surface area contributed by atoms with Gasteiger partial charge in [0.05, 0.1) is 16.9 Å². The van der Waals surface area contributed by atoms with Gasteiger partial charge in [-0.05, 0) is 24.8 Å². The molecule has 0 bridgehead atoms. The fraction of sp³-hybridized carbons (Fsp3) is 0.417. The smallest absolute Gasteiger partial charge is 0.338 e. The van der Waals surface area contributed by atoms with Crippen molar-refractivity contribution in [3.8, 4) is 0 Å². The number of carboxylic acids is 1. The minimum atomic E-state index is -1.30. The van der Waals surface area contributed by atoms with Gasteiger partial charge in [-0.3, -0.25) is 0 Å². The van der Waals surface area contributed by atoms with Gasteiger partial charge in [-0.15, -0.1) is 0 Å². The van der Waals surface area contributed by atoms with Crippen molar-refractivity contribution < 1.29 is 14.3 Å². The lowest BCUT2D eigenvalue weighted by Gasteiger charge is -2.21. The molecule has 1 fully saturated rings. The van der Waals surface area contributed by atoms with Crippen molar-refractivity contribution in [2.45, 2.75) is 12.8 Å². The third kappa shape index (κ3) is 2.49. The van der Waals surface area contributed by atoms with Crippen LogP contribution < -0.4 is 10.6 Å². The molecule has 0 amide bonds. The van der Waals surface area contributed by atoms with Gasteiger partial charge in [-0.1, -0.05) is 0 Å². The van der Waals surface area contributed by atoms with Gasteiger partial charge in [0.1, 0.15) is 5.82 Å². The van der Waals surface area contributed by atoms with Crippen LogP contribution in [0.15, 0.2) is 12.1 Å². The molecular formula is C12H15FN2O2. The van der Waals surface area contributed by atoms with Crippen LogP contribution >= 0.6 is 0 Å². The van der Waals surface area contributed by atoms with E-state index in [2.05, 4.69) is 0 Å². The van der Waals surface area contributed by atoms with E-state index in [1.807, 2.05) is 11.9 Å². The van der Waals surface area contributed by atoms with Crippen LogP contribution in [-0.2, 0) is 0 Å². The Morgan fingerprint density at radius 3 is 2.76 bits per heavy atom. The Kier molecular flexibility index (Phi) is 2.92. The molecule has 5 heteroatoms. The van der Waals surface area contributed by atoms with Gasteiger partial charge in [0.25, 0.3) is 0 Å². The van der Waals surface area contributed by atoms with Crippen LogP contribution in [0.5, 0.6) is 0 Å². The predicted octanol–water partition coefficient (Wildman–Crippen LogP) is 1.95. The molecule has 0 saturated heterocycles. The third-order valence-corrected chi connectivity index (χ3v) is 2.99. The highest BCUT2D eigenvalue weighted by Crippen LogP contribution is 2.33. The Balaban J connectivity index is 2.27. The second-order valence-electron chi connectivity index (χ2n) is 4.52. The van der Waals surface area contributed by atoms with Gasteiger partial charge in [0, 0.05) is 19.7 Å². The van der Waals surface area contributed by atoms with E-state index in [4.69, 9.17) is 10.8 Å². The van der Waals surface area contributed by atoms with Crippen molar-refractivity contribution in [3.05, 3.63) is 23.5 Å². The molecular weight excluding hydrogens is 223 g/mol. The summed E-state index contributed by atoms with van der Waals surface area (Å²) in [5.74, 6) is -1.39. The summed E-state index contributed by atoms with van der Waals surface area (Å²) < 4.78 is 13.5. The van der Waals surface area contributed by atoms with Crippen LogP contribution in [0.4, 0.5) is 15.8 Å². The number of rotatable bonds is 4. The Labute approximate surface area is 98.8 Å². The number of nitrogen functional groups attached to an aromatic ring is 1. The van der Waals surface area contributed by atoms with E-state index in [0.717, 1.165) is 6.54 Å². The summed E-state index contributed by atoms with van der Waals surface area (Å²) in [4.78, 5) is 12.6. The highest BCUT2D eigenvalue weighted by molar-refractivity contribution is 5.90. The fourth-order valence-electron chi connectivity index (χ4n) is 1.86. The van der Waals surface area contributed by atoms with E-state index < -0.39 is 11.8 Å². The molecule has 1 aromatic carbocycles. The Morgan fingerprint density at radius 1 is 1.59 bits per heavy atom. The SMILES string of the molecule is CN(CC1CC1)c1cc(F)c(C(=O)O)cc1N. The maximum Gasteiger partial charge on any atom is 0.338 e. The summed E-state index contributed by atoms with van der Waals surface area (Å²) in [5.41, 5.74) is 6.22. The summed E-state index contributed by atoms with van der Waals surface area (Å²) in [6, 6.07) is 2.37. The number of carbonyl (C=O) groups is 1. The van der Waals surface area contributed by atoms with E-state index in [1.165, 1.54) is 25.0 Å². The summed E-state index contributed by atoms with van der Waals surface area (Å²) in [5, 5.41) is 8.77. The van der Waals surface area contributed by atoms with Crippen molar-refractivity contribution in [1.82, 2.24) is 0 Å². The molecule has 1 aliphatic carbocycles. The summed E-state index contributed by atoms with van der Waals surface area (Å²) in [7, 11) is 1.84. The van der Waals surface area contributed by atoms with Gasteiger partial charge in [0.2, 0.25) is 0 Å². The quantitative estimate of drug-likeness (QED) is 0.787. The number of anilines is 2. The standard InChI is InChI=1S/C12H15FN2O2/c1-15(6-7-2-3-7)11-5-9(13)8(12(16)17)4-10(11)14/h4-5,7H,2-3,6,14H2,1H3,(H,16,17). The summed E-state index contributed by atoms with van der Waals surface area (Å²) >= 11 is 0. The van der Waals surface area contributed by atoms with E-state index in [1.54, 1.807) is 0 Å². The molecule has 0 radical (unpaired) electrons. The monoisotopic (exact) mass is 238 g/mol.